The lowest BCUT2D eigenvalue weighted by molar-refractivity contribution is 0.102. The molecule has 0 aliphatic carbocycles. The van der Waals surface area contributed by atoms with Crippen LogP contribution in [0.2, 0.25) is 0 Å². The minimum atomic E-state index is -0.228. The molecule has 0 bridgehead atoms. The average Bonchev–Trinajstić information content (AvgIpc) is 3.22. The largest absolute Gasteiger partial charge is 0.304 e. The predicted octanol–water partition coefficient (Wildman–Crippen LogP) is 5.06. The first-order chi connectivity index (χ1) is 14.4. The Morgan fingerprint density at radius 2 is 1.70 bits per heavy atom. The van der Waals surface area contributed by atoms with E-state index in [4.69, 9.17) is 0 Å². The normalized spacial score (nSPS) is 10.9. The van der Waals surface area contributed by atoms with E-state index < -0.39 is 0 Å². The molecule has 0 aliphatic heterocycles. The number of aromatic nitrogens is 4. The Bertz CT molecular complexity index is 1190. The van der Waals surface area contributed by atoms with Crippen molar-refractivity contribution < 1.29 is 4.79 Å². The first-order valence-electron chi connectivity index (χ1n) is 9.64. The maximum Gasteiger partial charge on any atom is 0.260 e. The molecule has 0 saturated heterocycles. The molecule has 30 heavy (non-hydrogen) atoms. The summed E-state index contributed by atoms with van der Waals surface area (Å²) in [5.74, 6) is 0.256. The number of aryl methyl sites for hydroxylation is 2. The Labute approximate surface area is 183 Å². The molecule has 6 nitrogen and oxygen atoms in total. The fourth-order valence-electron chi connectivity index (χ4n) is 3.41. The van der Waals surface area contributed by atoms with Gasteiger partial charge in [0.25, 0.3) is 5.91 Å². The second-order valence-electron chi connectivity index (χ2n) is 7.26. The molecule has 0 radical (unpaired) electrons. The third-order valence-corrected chi connectivity index (χ3v) is 5.51. The zero-order chi connectivity index (χ0) is 21.3. The van der Waals surface area contributed by atoms with E-state index in [-0.39, 0.29) is 5.91 Å². The van der Waals surface area contributed by atoms with Gasteiger partial charge in [-0.05, 0) is 54.4 Å². The van der Waals surface area contributed by atoms with Crippen LogP contribution >= 0.6 is 15.9 Å². The van der Waals surface area contributed by atoms with Crippen LogP contribution in [0.3, 0.4) is 0 Å². The van der Waals surface area contributed by atoms with Gasteiger partial charge in [-0.25, -0.2) is 4.68 Å². The SMILES string of the molecule is Cc1ccc(Cn2cc(Br)c(NC(=O)c3c(C)nn(-c4ccccc4)c3C)n2)cc1. The summed E-state index contributed by atoms with van der Waals surface area (Å²) in [4.78, 5) is 13.0. The predicted molar refractivity (Wildman–Crippen MR) is 121 cm³/mol. The minimum Gasteiger partial charge on any atom is -0.304 e. The Balaban J connectivity index is 1.55. The second-order valence-corrected chi connectivity index (χ2v) is 8.11. The molecule has 4 aromatic rings. The van der Waals surface area contributed by atoms with Crippen LogP contribution in [-0.2, 0) is 6.54 Å². The van der Waals surface area contributed by atoms with Crippen molar-refractivity contribution in [3.63, 3.8) is 0 Å². The summed E-state index contributed by atoms with van der Waals surface area (Å²) in [7, 11) is 0. The van der Waals surface area contributed by atoms with Crippen LogP contribution in [0.1, 0.15) is 32.9 Å². The standard InChI is InChI=1S/C23H22BrN5O/c1-15-9-11-18(12-10-15)13-28-14-20(24)22(27-28)25-23(30)21-16(2)26-29(17(21)3)19-7-5-4-6-8-19/h4-12,14H,13H2,1-3H3,(H,25,27,30). The molecule has 4 rings (SSSR count). The van der Waals surface area contributed by atoms with Crippen molar-refractivity contribution in [1.82, 2.24) is 19.6 Å². The molecule has 0 saturated carbocycles. The Kier molecular flexibility index (Phi) is 5.55. The molecule has 0 fully saturated rings. The first-order valence-corrected chi connectivity index (χ1v) is 10.4. The van der Waals surface area contributed by atoms with Gasteiger partial charge in [0.1, 0.15) is 0 Å². The molecule has 1 N–H and O–H groups in total. The van der Waals surface area contributed by atoms with Gasteiger partial charge in [-0.2, -0.15) is 10.2 Å². The maximum absolute atomic E-state index is 13.0. The van der Waals surface area contributed by atoms with Gasteiger partial charge < -0.3 is 5.32 Å². The lowest BCUT2D eigenvalue weighted by atomic mass is 10.1. The average molecular weight is 464 g/mol. The highest BCUT2D eigenvalue weighted by molar-refractivity contribution is 9.10. The van der Waals surface area contributed by atoms with E-state index >= 15 is 0 Å². The molecular weight excluding hydrogens is 442 g/mol. The summed E-state index contributed by atoms with van der Waals surface area (Å²) >= 11 is 3.50. The van der Waals surface area contributed by atoms with Crippen LogP contribution in [-0.4, -0.2) is 25.5 Å². The number of carbonyl (C=O) groups is 1. The van der Waals surface area contributed by atoms with Gasteiger partial charge in [0, 0.05) is 6.20 Å². The number of anilines is 1. The number of benzene rings is 2. The van der Waals surface area contributed by atoms with Gasteiger partial charge >= 0.3 is 0 Å². The Morgan fingerprint density at radius 1 is 1.00 bits per heavy atom. The van der Waals surface area contributed by atoms with E-state index in [1.165, 1.54) is 5.56 Å². The van der Waals surface area contributed by atoms with Gasteiger partial charge in [-0.1, -0.05) is 48.0 Å². The van der Waals surface area contributed by atoms with Crippen molar-refractivity contribution in [3.05, 3.63) is 93.3 Å². The van der Waals surface area contributed by atoms with E-state index in [0.29, 0.717) is 23.6 Å². The number of hydrogen-bond donors (Lipinski definition) is 1. The summed E-state index contributed by atoms with van der Waals surface area (Å²) in [6, 6.07) is 18.1. The van der Waals surface area contributed by atoms with Crippen LogP contribution in [0.15, 0.2) is 65.3 Å². The van der Waals surface area contributed by atoms with Crippen molar-refractivity contribution in [2.45, 2.75) is 27.3 Å². The van der Waals surface area contributed by atoms with E-state index in [1.807, 2.05) is 50.4 Å². The number of rotatable bonds is 5. The number of para-hydroxylation sites is 1. The second kappa shape index (κ2) is 8.28. The molecule has 2 aromatic carbocycles. The molecule has 0 unspecified atom stereocenters. The smallest absolute Gasteiger partial charge is 0.260 e. The number of hydrogen-bond acceptors (Lipinski definition) is 3. The highest BCUT2D eigenvalue weighted by Gasteiger charge is 2.21. The van der Waals surface area contributed by atoms with E-state index in [2.05, 4.69) is 62.6 Å². The third-order valence-electron chi connectivity index (χ3n) is 4.93. The van der Waals surface area contributed by atoms with Gasteiger partial charge in [0.15, 0.2) is 5.82 Å². The van der Waals surface area contributed by atoms with Gasteiger partial charge in [0.05, 0.1) is 33.7 Å². The lowest BCUT2D eigenvalue weighted by Crippen LogP contribution is -2.15. The zero-order valence-corrected chi connectivity index (χ0v) is 18.6. The number of halogens is 1. The molecule has 0 atom stereocenters. The van der Waals surface area contributed by atoms with Crippen molar-refractivity contribution in [3.8, 4) is 5.69 Å². The quantitative estimate of drug-likeness (QED) is 0.449. The molecule has 2 aromatic heterocycles. The summed E-state index contributed by atoms with van der Waals surface area (Å²) in [5, 5.41) is 12.0. The fraction of sp³-hybridized carbons (Fsp3) is 0.174. The van der Waals surface area contributed by atoms with Crippen molar-refractivity contribution in [2.24, 2.45) is 0 Å². The number of nitrogens with zero attached hydrogens (tertiary/aromatic N) is 4. The molecule has 7 heteroatoms. The molecule has 152 valence electrons. The molecule has 2 heterocycles. The van der Waals surface area contributed by atoms with Crippen LogP contribution in [0.25, 0.3) is 5.69 Å². The molecular formula is C23H22BrN5O. The van der Waals surface area contributed by atoms with Gasteiger partial charge in [-0.15, -0.1) is 0 Å². The molecule has 0 aliphatic rings. The Morgan fingerprint density at radius 3 is 2.40 bits per heavy atom. The lowest BCUT2D eigenvalue weighted by Gasteiger charge is -2.06. The summed E-state index contributed by atoms with van der Waals surface area (Å²) in [6.07, 6.45) is 1.86. The molecule has 1 amide bonds. The monoisotopic (exact) mass is 463 g/mol. The highest BCUT2D eigenvalue weighted by atomic mass is 79.9. The van der Waals surface area contributed by atoms with E-state index in [0.717, 1.165) is 21.4 Å². The van der Waals surface area contributed by atoms with Crippen LogP contribution in [0.5, 0.6) is 0 Å². The van der Waals surface area contributed by atoms with Crippen LogP contribution in [0, 0.1) is 20.8 Å². The van der Waals surface area contributed by atoms with Crippen molar-refractivity contribution in [1.29, 1.82) is 0 Å². The number of amides is 1. The van der Waals surface area contributed by atoms with E-state index in [9.17, 15) is 4.79 Å². The summed E-state index contributed by atoms with van der Waals surface area (Å²) < 4.78 is 4.32. The maximum atomic E-state index is 13.0. The van der Waals surface area contributed by atoms with Crippen LogP contribution in [0.4, 0.5) is 5.82 Å². The highest BCUT2D eigenvalue weighted by Crippen LogP contribution is 2.24. The zero-order valence-electron chi connectivity index (χ0n) is 17.1. The van der Waals surface area contributed by atoms with Gasteiger partial charge in [0.2, 0.25) is 0 Å². The van der Waals surface area contributed by atoms with Crippen molar-refractivity contribution in [2.75, 3.05) is 5.32 Å². The number of nitrogens with one attached hydrogen (secondary N) is 1. The third kappa shape index (κ3) is 4.07. The van der Waals surface area contributed by atoms with E-state index in [1.54, 1.807) is 9.36 Å². The van der Waals surface area contributed by atoms with Gasteiger partial charge in [-0.3, -0.25) is 9.48 Å². The summed E-state index contributed by atoms with van der Waals surface area (Å²) in [6.45, 7) is 6.42. The summed E-state index contributed by atoms with van der Waals surface area (Å²) in [5.41, 5.74) is 5.29. The minimum absolute atomic E-state index is 0.228. The topological polar surface area (TPSA) is 64.7 Å². The van der Waals surface area contributed by atoms with Crippen LogP contribution < -0.4 is 5.32 Å². The fourth-order valence-corrected chi connectivity index (χ4v) is 3.82. The molecule has 0 spiro atoms. The Hall–Kier alpha value is -3.19. The first kappa shape index (κ1) is 20.1. The van der Waals surface area contributed by atoms with Crippen molar-refractivity contribution >= 4 is 27.7 Å². The number of carbonyl (C=O) groups excluding carboxylic acids is 1.